The molecule has 21 heavy (non-hydrogen) atoms. The minimum Gasteiger partial charge on any atom is -0.381 e. The number of piperazine rings is 1. The van der Waals surface area contributed by atoms with Crippen LogP contribution in [-0.4, -0.2) is 48.1 Å². The number of hydrogen-bond acceptors (Lipinski definition) is 3. The van der Waals surface area contributed by atoms with Crippen molar-refractivity contribution in [1.29, 1.82) is 0 Å². The highest BCUT2D eigenvalue weighted by molar-refractivity contribution is 6.00. The summed E-state index contributed by atoms with van der Waals surface area (Å²) >= 11 is 0. The van der Waals surface area contributed by atoms with Crippen molar-refractivity contribution in [3.8, 4) is 0 Å². The quantitative estimate of drug-likeness (QED) is 0.832. The van der Waals surface area contributed by atoms with Crippen molar-refractivity contribution >= 4 is 11.8 Å². The normalized spacial score (nSPS) is 37.0. The molecule has 2 heterocycles. The van der Waals surface area contributed by atoms with Gasteiger partial charge >= 0.3 is 0 Å². The molecular formula is C16H26N2O3. The Labute approximate surface area is 126 Å². The number of ether oxygens (including phenoxy) is 1. The molecule has 2 saturated heterocycles. The molecule has 3 atom stereocenters. The molecule has 3 aliphatic rings. The first-order valence-corrected chi connectivity index (χ1v) is 8.27. The molecule has 0 spiro atoms. The van der Waals surface area contributed by atoms with E-state index >= 15 is 0 Å². The third-order valence-corrected chi connectivity index (χ3v) is 5.30. The number of carbonyl (C=O) groups is 2. The van der Waals surface area contributed by atoms with E-state index in [-0.39, 0.29) is 17.9 Å². The second-order valence-electron chi connectivity index (χ2n) is 6.91. The van der Waals surface area contributed by atoms with Gasteiger partial charge in [0.25, 0.3) is 0 Å². The Hall–Kier alpha value is -1.10. The average molecular weight is 294 g/mol. The fourth-order valence-electron chi connectivity index (χ4n) is 3.71. The first kappa shape index (κ1) is 14.8. The standard InChI is InChI=1S/C16H26N2O3/c1-3-4-13-14(19)18(9-11-7-8-21-10-11)16(2,12-5-6-12)15(20)17-13/h11-13H,3-10H2,1-2H3,(H,17,20). The molecule has 3 rings (SSSR count). The van der Waals surface area contributed by atoms with Crippen LogP contribution >= 0.6 is 0 Å². The Kier molecular flexibility index (Phi) is 3.95. The van der Waals surface area contributed by atoms with Crippen LogP contribution in [-0.2, 0) is 14.3 Å². The number of amides is 2. The topological polar surface area (TPSA) is 58.6 Å². The van der Waals surface area contributed by atoms with Gasteiger partial charge in [0.2, 0.25) is 11.8 Å². The Morgan fingerprint density at radius 3 is 2.67 bits per heavy atom. The SMILES string of the molecule is CCCC1NC(=O)C(C)(C2CC2)N(CC2CCOC2)C1=O. The van der Waals surface area contributed by atoms with Gasteiger partial charge in [-0.2, -0.15) is 0 Å². The maximum absolute atomic E-state index is 12.9. The number of nitrogens with zero attached hydrogens (tertiary/aromatic N) is 1. The Bertz CT molecular complexity index is 429. The van der Waals surface area contributed by atoms with Crippen LogP contribution in [0.3, 0.4) is 0 Å². The van der Waals surface area contributed by atoms with E-state index in [4.69, 9.17) is 4.74 Å². The summed E-state index contributed by atoms with van der Waals surface area (Å²) in [6.45, 7) is 6.15. The first-order valence-electron chi connectivity index (χ1n) is 8.27. The summed E-state index contributed by atoms with van der Waals surface area (Å²) in [6.07, 6.45) is 4.71. The van der Waals surface area contributed by atoms with Crippen LogP contribution in [0.4, 0.5) is 0 Å². The van der Waals surface area contributed by atoms with E-state index in [0.717, 1.165) is 38.7 Å². The summed E-state index contributed by atoms with van der Waals surface area (Å²) in [5, 5.41) is 2.97. The number of nitrogens with one attached hydrogen (secondary N) is 1. The lowest BCUT2D eigenvalue weighted by atomic mass is 9.86. The highest BCUT2D eigenvalue weighted by Gasteiger charge is 2.57. The van der Waals surface area contributed by atoms with Crippen LogP contribution in [0.2, 0.25) is 0 Å². The molecule has 0 aromatic rings. The van der Waals surface area contributed by atoms with Crippen molar-refractivity contribution < 1.29 is 14.3 Å². The smallest absolute Gasteiger partial charge is 0.246 e. The van der Waals surface area contributed by atoms with Crippen LogP contribution in [0.15, 0.2) is 0 Å². The fraction of sp³-hybridized carbons (Fsp3) is 0.875. The fourth-order valence-corrected chi connectivity index (χ4v) is 3.71. The molecule has 1 saturated carbocycles. The van der Waals surface area contributed by atoms with E-state index in [2.05, 4.69) is 5.32 Å². The molecule has 5 nitrogen and oxygen atoms in total. The maximum atomic E-state index is 12.9. The van der Waals surface area contributed by atoms with Gasteiger partial charge in [-0.3, -0.25) is 9.59 Å². The second kappa shape index (κ2) is 5.59. The van der Waals surface area contributed by atoms with Crippen LogP contribution in [0.5, 0.6) is 0 Å². The van der Waals surface area contributed by atoms with Crippen LogP contribution in [0, 0.1) is 11.8 Å². The van der Waals surface area contributed by atoms with Gasteiger partial charge in [-0.15, -0.1) is 0 Å². The minimum atomic E-state index is -0.649. The van der Waals surface area contributed by atoms with Gasteiger partial charge in [0.05, 0.1) is 6.61 Å². The molecule has 2 amide bonds. The summed E-state index contributed by atoms with van der Waals surface area (Å²) in [4.78, 5) is 27.4. The van der Waals surface area contributed by atoms with Crippen molar-refractivity contribution in [3.05, 3.63) is 0 Å². The first-order chi connectivity index (χ1) is 10.1. The van der Waals surface area contributed by atoms with E-state index in [0.29, 0.717) is 25.0 Å². The molecule has 1 aliphatic carbocycles. The van der Waals surface area contributed by atoms with Gasteiger partial charge < -0.3 is 15.0 Å². The molecule has 2 aliphatic heterocycles. The Balaban J connectivity index is 1.83. The molecular weight excluding hydrogens is 268 g/mol. The van der Waals surface area contributed by atoms with Crippen molar-refractivity contribution in [2.24, 2.45) is 11.8 Å². The average Bonchev–Trinajstić information content (AvgIpc) is 3.19. The molecule has 0 aromatic heterocycles. The lowest BCUT2D eigenvalue weighted by molar-refractivity contribution is -0.159. The van der Waals surface area contributed by atoms with Gasteiger partial charge in [-0.05, 0) is 38.5 Å². The lowest BCUT2D eigenvalue weighted by Gasteiger charge is -2.47. The van der Waals surface area contributed by atoms with Crippen molar-refractivity contribution in [3.63, 3.8) is 0 Å². The van der Waals surface area contributed by atoms with Crippen LogP contribution < -0.4 is 5.32 Å². The zero-order valence-corrected chi connectivity index (χ0v) is 13.1. The van der Waals surface area contributed by atoms with Gasteiger partial charge in [-0.25, -0.2) is 0 Å². The summed E-state index contributed by atoms with van der Waals surface area (Å²) in [5.41, 5.74) is -0.649. The third-order valence-electron chi connectivity index (χ3n) is 5.30. The third kappa shape index (κ3) is 2.56. The molecule has 1 N–H and O–H groups in total. The number of rotatable bonds is 5. The molecule has 3 fully saturated rings. The van der Waals surface area contributed by atoms with Crippen molar-refractivity contribution in [2.75, 3.05) is 19.8 Å². The monoisotopic (exact) mass is 294 g/mol. The zero-order chi connectivity index (χ0) is 15.0. The van der Waals surface area contributed by atoms with Gasteiger partial charge in [0.15, 0.2) is 0 Å². The molecule has 0 aromatic carbocycles. The largest absolute Gasteiger partial charge is 0.381 e. The van der Waals surface area contributed by atoms with Crippen LogP contribution in [0.1, 0.15) is 46.0 Å². The van der Waals surface area contributed by atoms with Crippen molar-refractivity contribution in [1.82, 2.24) is 10.2 Å². The summed E-state index contributed by atoms with van der Waals surface area (Å²) in [6, 6.07) is -0.336. The van der Waals surface area contributed by atoms with Crippen LogP contribution in [0.25, 0.3) is 0 Å². The highest BCUT2D eigenvalue weighted by atomic mass is 16.5. The van der Waals surface area contributed by atoms with Gasteiger partial charge in [0.1, 0.15) is 11.6 Å². The van der Waals surface area contributed by atoms with Gasteiger partial charge in [0, 0.05) is 19.1 Å². The summed E-state index contributed by atoms with van der Waals surface area (Å²) in [5.74, 6) is 0.853. The minimum absolute atomic E-state index is 0.0435. The van der Waals surface area contributed by atoms with E-state index in [1.807, 2.05) is 18.7 Å². The maximum Gasteiger partial charge on any atom is 0.246 e. The van der Waals surface area contributed by atoms with E-state index in [9.17, 15) is 9.59 Å². The summed E-state index contributed by atoms with van der Waals surface area (Å²) in [7, 11) is 0. The molecule has 3 unspecified atom stereocenters. The van der Waals surface area contributed by atoms with E-state index in [1.165, 1.54) is 0 Å². The highest BCUT2D eigenvalue weighted by Crippen LogP contribution is 2.45. The summed E-state index contributed by atoms with van der Waals surface area (Å²) < 4.78 is 5.44. The van der Waals surface area contributed by atoms with Crippen molar-refractivity contribution in [2.45, 2.75) is 57.5 Å². The Morgan fingerprint density at radius 1 is 1.33 bits per heavy atom. The number of carbonyl (C=O) groups excluding carboxylic acids is 2. The van der Waals surface area contributed by atoms with E-state index in [1.54, 1.807) is 0 Å². The van der Waals surface area contributed by atoms with Gasteiger partial charge in [-0.1, -0.05) is 13.3 Å². The Morgan fingerprint density at radius 2 is 2.10 bits per heavy atom. The molecule has 5 heteroatoms. The molecule has 118 valence electrons. The second-order valence-corrected chi connectivity index (χ2v) is 6.91. The molecule has 0 bridgehead atoms. The number of hydrogen-bond donors (Lipinski definition) is 1. The zero-order valence-electron chi connectivity index (χ0n) is 13.1. The van der Waals surface area contributed by atoms with E-state index < -0.39 is 5.54 Å². The predicted octanol–water partition coefficient (Wildman–Crippen LogP) is 1.32. The lowest BCUT2D eigenvalue weighted by Crippen LogP contribution is -2.71. The predicted molar refractivity (Wildman–Crippen MR) is 78.6 cm³/mol. The molecule has 0 radical (unpaired) electrons.